The predicted molar refractivity (Wildman–Crippen MR) is 104 cm³/mol. The Hall–Kier alpha value is -2.48. The fourth-order valence-electron chi connectivity index (χ4n) is 2.96. The number of rotatable bonds is 5. The highest BCUT2D eigenvalue weighted by Gasteiger charge is 2.14. The van der Waals surface area contributed by atoms with Crippen LogP contribution in [0.5, 0.6) is 0 Å². The molecule has 0 spiro atoms. The zero-order valence-electron chi connectivity index (χ0n) is 14.9. The normalized spacial score (nSPS) is 15.7. The monoisotopic (exact) mass is 372 g/mol. The molecular formula is C18H24N6OS. The number of hydrogen-bond acceptors (Lipinski definition) is 5. The number of pyridine rings is 1. The largest absolute Gasteiger partial charge is 0.370 e. The minimum absolute atomic E-state index is 0.0802. The second kappa shape index (κ2) is 8.75. The smallest absolute Gasteiger partial charge is 0.217 e. The molecule has 2 heterocycles. The topological polar surface area (TPSA) is 105 Å². The second-order valence-corrected chi connectivity index (χ2v) is 7.25. The Balaban J connectivity index is 1.66. The van der Waals surface area contributed by atoms with E-state index in [-0.39, 0.29) is 5.91 Å². The number of carbonyl (C=O) groups is 1. The van der Waals surface area contributed by atoms with Crippen LogP contribution in [0.15, 0.2) is 28.6 Å². The number of amides is 1. The standard InChI is InChI=1S/C18H24N6OS/c1-12(25)20-10-14-8-5-9-15(21-14)16-11-26-18(23-16)24-17(19)22-13-6-3-2-4-7-13/h5,8-9,11,13H,2-4,6-7,10H2,1H3,(H,20,25)(H3,19,22,23,24). The van der Waals surface area contributed by atoms with Crippen molar-refractivity contribution < 1.29 is 4.79 Å². The van der Waals surface area contributed by atoms with Gasteiger partial charge in [-0.1, -0.05) is 25.3 Å². The molecule has 0 radical (unpaired) electrons. The van der Waals surface area contributed by atoms with Gasteiger partial charge in [-0.25, -0.2) is 9.97 Å². The van der Waals surface area contributed by atoms with Gasteiger partial charge in [-0.15, -0.1) is 11.3 Å². The highest BCUT2D eigenvalue weighted by Crippen LogP contribution is 2.25. The summed E-state index contributed by atoms with van der Waals surface area (Å²) in [6.45, 7) is 1.89. The molecule has 26 heavy (non-hydrogen) atoms. The zero-order chi connectivity index (χ0) is 18.4. The van der Waals surface area contributed by atoms with Crippen LogP contribution in [-0.2, 0) is 11.3 Å². The van der Waals surface area contributed by atoms with Crippen LogP contribution < -0.4 is 16.4 Å². The van der Waals surface area contributed by atoms with Crippen LogP contribution in [0, 0.1) is 0 Å². The first-order valence-electron chi connectivity index (χ1n) is 8.87. The molecule has 7 nitrogen and oxygen atoms in total. The molecule has 0 aromatic carbocycles. The summed E-state index contributed by atoms with van der Waals surface area (Å²) < 4.78 is 0. The number of hydrogen-bond donors (Lipinski definition) is 3. The summed E-state index contributed by atoms with van der Waals surface area (Å²) in [6.07, 6.45) is 6.08. The molecular weight excluding hydrogens is 348 g/mol. The molecule has 0 aliphatic heterocycles. The minimum Gasteiger partial charge on any atom is -0.370 e. The first kappa shape index (κ1) is 18.3. The van der Waals surface area contributed by atoms with Crippen LogP contribution in [-0.4, -0.2) is 27.9 Å². The van der Waals surface area contributed by atoms with E-state index in [2.05, 4.69) is 25.6 Å². The summed E-state index contributed by atoms with van der Waals surface area (Å²) in [5.41, 5.74) is 8.32. The van der Waals surface area contributed by atoms with Gasteiger partial charge in [-0.2, -0.15) is 4.99 Å². The van der Waals surface area contributed by atoms with E-state index < -0.39 is 0 Å². The van der Waals surface area contributed by atoms with Crippen molar-refractivity contribution in [3.8, 4) is 11.4 Å². The van der Waals surface area contributed by atoms with E-state index in [1.54, 1.807) is 0 Å². The van der Waals surface area contributed by atoms with E-state index in [1.165, 1.54) is 37.5 Å². The lowest BCUT2D eigenvalue weighted by atomic mass is 9.96. The first-order valence-corrected chi connectivity index (χ1v) is 9.75. The number of carbonyl (C=O) groups excluding carboxylic acids is 1. The number of nitrogens with two attached hydrogens (primary N) is 1. The maximum atomic E-state index is 11.0. The van der Waals surface area contributed by atoms with E-state index in [1.807, 2.05) is 23.6 Å². The number of aromatic nitrogens is 2. The Morgan fingerprint density at radius 1 is 1.27 bits per heavy atom. The average molecular weight is 372 g/mol. The van der Waals surface area contributed by atoms with Gasteiger partial charge in [0.05, 0.1) is 17.9 Å². The van der Waals surface area contributed by atoms with Gasteiger partial charge in [-0.05, 0) is 25.0 Å². The van der Waals surface area contributed by atoms with Crippen LogP contribution in [0.1, 0.15) is 44.7 Å². The van der Waals surface area contributed by atoms with Gasteiger partial charge in [-0.3, -0.25) is 4.79 Å². The summed E-state index contributed by atoms with van der Waals surface area (Å²) in [5.74, 6) is 0.341. The first-order chi connectivity index (χ1) is 12.6. The van der Waals surface area contributed by atoms with Crippen LogP contribution in [0.4, 0.5) is 5.13 Å². The van der Waals surface area contributed by atoms with Crippen LogP contribution in [0.2, 0.25) is 0 Å². The Kier molecular flexibility index (Phi) is 6.17. The summed E-state index contributed by atoms with van der Waals surface area (Å²) >= 11 is 1.43. The van der Waals surface area contributed by atoms with Gasteiger partial charge in [0.1, 0.15) is 5.69 Å². The molecule has 1 aliphatic carbocycles. The summed E-state index contributed by atoms with van der Waals surface area (Å²) in [5, 5.41) is 8.56. The lowest BCUT2D eigenvalue weighted by Crippen LogP contribution is -2.40. The van der Waals surface area contributed by atoms with Crippen molar-refractivity contribution >= 4 is 28.3 Å². The van der Waals surface area contributed by atoms with Crippen molar-refractivity contribution in [1.82, 2.24) is 20.6 Å². The van der Waals surface area contributed by atoms with E-state index in [9.17, 15) is 4.79 Å². The maximum Gasteiger partial charge on any atom is 0.217 e. The molecule has 0 unspecified atom stereocenters. The number of guanidine groups is 1. The average Bonchev–Trinajstić information content (AvgIpc) is 3.09. The lowest BCUT2D eigenvalue weighted by molar-refractivity contribution is -0.119. The molecule has 1 fully saturated rings. The zero-order valence-corrected chi connectivity index (χ0v) is 15.7. The quantitative estimate of drug-likeness (QED) is 0.553. The molecule has 1 saturated carbocycles. The van der Waals surface area contributed by atoms with E-state index in [0.717, 1.165) is 29.9 Å². The summed E-state index contributed by atoms with van der Waals surface area (Å²) in [6, 6.07) is 6.08. The fraction of sp³-hybridized carbons (Fsp3) is 0.444. The van der Waals surface area contributed by atoms with Gasteiger partial charge in [0, 0.05) is 18.3 Å². The maximum absolute atomic E-state index is 11.0. The molecule has 0 atom stereocenters. The van der Waals surface area contributed by atoms with Crippen molar-refractivity contribution in [2.24, 2.45) is 10.7 Å². The summed E-state index contributed by atoms with van der Waals surface area (Å²) in [4.78, 5) is 24.5. The highest BCUT2D eigenvalue weighted by atomic mass is 32.1. The van der Waals surface area contributed by atoms with Crippen molar-refractivity contribution in [1.29, 1.82) is 0 Å². The van der Waals surface area contributed by atoms with Gasteiger partial charge in [0.25, 0.3) is 0 Å². The van der Waals surface area contributed by atoms with E-state index in [0.29, 0.717) is 23.7 Å². The van der Waals surface area contributed by atoms with Crippen molar-refractivity contribution in [2.45, 2.75) is 51.6 Å². The molecule has 2 aromatic rings. The Labute approximate surface area is 157 Å². The Bertz CT molecular complexity index is 781. The molecule has 8 heteroatoms. The minimum atomic E-state index is -0.0802. The molecule has 2 aromatic heterocycles. The molecule has 1 aliphatic rings. The van der Waals surface area contributed by atoms with Crippen molar-refractivity contribution in [2.75, 3.05) is 0 Å². The van der Waals surface area contributed by atoms with Gasteiger partial charge in [0.2, 0.25) is 11.0 Å². The second-order valence-electron chi connectivity index (χ2n) is 6.42. The van der Waals surface area contributed by atoms with Crippen LogP contribution in [0.25, 0.3) is 11.4 Å². The van der Waals surface area contributed by atoms with Crippen LogP contribution in [0.3, 0.4) is 0 Å². The Morgan fingerprint density at radius 2 is 2.08 bits per heavy atom. The molecule has 0 bridgehead atoms. The van der Waals surface area contributed by atoms with E-state index in [4.69, 9.17) is 5.73 Å². The molecule has 1 amide bonds. The molecule has 138 valence electrons. The van der Waals surface area contributed by atoms with Gasteiger partial charge in [0.15, 0.2) is 5.96 Å². The third-order valence-corrected chi connectivity index (χ3v) is 4.99. The SMILES string of the molecule is CC(=O)NCc1cccc(-c2csc(/N=C(\N)NC3CCCCC3)n2)n1. The molecule has 0 saturated heterocycles. The third-order valence-electron chi connectivity index (χ3n) is 4.25. The Morgan fingerprint density at radius 3 is 2.85 bits per heavy atom. The van der Waals surface area contributed by atoms with Gasteiger partial charge < -0.3 is 16.4 Å². The number of thiazole rings is 1. The van der Waals surface area contributed by atoms with Crippen molar-refractivity contribution in [3.63, 3.8) is 0 Å². The van der Waals surface area contributed by atoms with Gasteiger partial charge >= 0.3 is 0 Å². The molecule has 3 rings (SSSR count). The van der Waals surface area contributed by atoms with E-state index >= 15 is 0 Å². The summed E-state index contributed by atoms with van der Waals surface area (Å²) in [7, 11) is 0. The van der Waals surface area contributed by atoms with Crippen molar-refractivity contribution in [3.05, 3.63) is 29.3 Å². The fourth-order valence-corrected chi connectivity index (χ4v) is 3.65. The molecule has 4 N–H and O–H groups in total. The lowest BCUT2D eigenvalue weighted by Gasteiger charge is -2.22. The highest BCUT2D eigenvalue weighted by molar-refractivity contribution is 7.13. The number of nitrogens with zero attached hydrogens (tertiary/aromatic N) is 3. The predicted octanol–water partition coefficient (Wildman–Crippen LogP) is 2.71. The number of aliphatic imine (C=N–C) groups is 1. The third kappa shape index (κ3) is 5.26. The number of nitrogens with one attached hydrogen (secondary N) is 2. The van der Waals surface area contributed by atoms with Crippen LogP contribution >= 0.6 is 11.3 Å².